The van der Waals surface area contributed by atoms with E-state index in [0.29, 0.717) is 16.5 Å². The van der Waals surface area contributed by atoms with Crippen LogP contribution in [0.25, 0.3) is 33.0 Å². The molecule has 29 heavy (non-hydrogen) atoms. The van der Waals surface area contributed by atoms with Gasteiger partial charge in [-0.15, -0.1) is 0 Å². The number of halogens is 3. The SMILES string of the molecule is CCc1ccc(-c2ccc3c(F)c(-c4ccc(OC(F)F)cc4)ccc3c2)cc1. The van der Waals surface area contributed by atoms with E-state index < -0.39 is 6.61 Å². The molecule has 0 bridgehead atoms. The Balaban J connectivity index is 1.68. The molecular formula is C25H19F3O. The fraction of sp³-hybridized carbons (Fsp3) is 0.120. The van der Waals surface area contributed by atoms with Crippen LogP contribution in [0.4, 0.5) is 13.2 Å². The summed E-state index contributed by atoms with van der Waals surface area (Å²) in [6, 6.07) is 23.6. The standard InChI is InChI=1S/C25H19F3O/c1-2-16-3-5-17(6-4-16)19-9-13-23-20(15-19)10-14-22(24(23)26)18-7-11-21(12-8-18)29-25(27)28/h3-15,25H,2H2,1H3. The van der Waals surface area contributed by atoms with Crippen molar-refractivity contribution in [3.05, 3.63) is 90.2 Å². The first-order valence-electron chi connectivity index (χ1n) is 9.42. The number of fused-ring (bicyclic) bond motifs is 1. The highest BCUT2D eigenvalue weighted by Gasteiger charge is 2.11. The Kier molecular flexibility index (Phi) is 5.26. The normalized spacial score (nSPS) is 11.2. The third-order valence-electron chi connectivity index (χ3n) is 5.04. The zero-order valence-corrected chi connectivity index (χ0v) is 15.8. The van der Waals surface area contributed by atoms with Crippen LogP contribution in [0.15, 0.2) is 78.9 Å². The van der Waals surface area contributed by atoms with Crippen LogP contribution >= 0.6 is 0 Å². The molecule has 0 saturated carbocycles. The molecule has 0 amide bonds. The zero-order chi connectivity index (χ0) is 20.4. The maximum Gasteiger partial charge on any atom is 0.387 e. The molecule has 4 heteroatoms. The average Bonchev–Trinajstić information content (AvgIpc) is 2.74. The molecule has 0 atom stereocenters. The third kappa shape index (κ3) is 3.97. The number of aryl methyl sites for hydroxylation is 1. The van der Waals surface area contributed by atoms with Crippen molar-refractivity contribution < 1.29 is 17.9 Å². The average molecular weight is 392 g/mol. The first-order chi connectivity index (χ1) is 14.0. The van der Waals surface area contributed by atoms with Gasteiger partial charge in [0.1, 0.15) is 11.6 Å². The predicted octanol–water partition coefficient (Wildman–Crippen LogP) is 7.48. The summed E-state index contributed by atoms with van der Waals surface area (Å²) in [7, 11) is 0. The van der Waals surface area contributed by atoms with E-state index in [0.717, 1.165) is 22.9 Å². The number of alkyl halides is 2. The van der Waals surface area contributed by atoms with Gasteiger partial charge in [-0.05, 0) is 52.3 Å². The lowest BCUT2D eigenvalue weighted by molar-refractivity contribution is -0.0498. The minimum absolute atomic E-state index is 0.0451. The van der Waals surface area contributed by atoms with E-state index in [1.54, 1.807) is 24.3 Å². The van der Waals surface area contributed by atoms with Crippen LogP contribution < -0.4 is 4.74 Å². The second kappa shape index (κ2) is 8.00. The van der Waals surface area contributed by atoms with Gasteiger partial charge in [-0.2, -0.15) is 8.78 Å². The topological polar surface area (TPSA) is 9.23 Å². The van der Waals surface area contributed by atoms with Crippen molar-refractivity contribution >= 4 is 10.8 Å². The quantitative estimate of drug-likeness (QED) is 0.342. The van der Waals surface area contributed by atoms with Crippen molar-refractivity contribution in [2.45, 2.75) is 20.0 Å². The Bertz CT molecular complexity index is 1130. The minimum Gasteiger partial charge on any atom is -0.435 e. The van der Waals surface area contributed by atoms with Crippen molar-refractivity contribution in [1.29, 1.82) is 0 Å². The first kappa shape index (κ1) is 19.1. The molecule has 4 aromatic carbocycles. The summed E-state index contributed by atoms with van der Waals surface area (Å²) in [5.74, 6) is -0.290. The van der Waals surface area contributed by atoms with Crippen molar-refractivity contribution in [1.82, 2.24) is 0 Å². The summed E-state index contributed by atoms with van der Waals surface area (Å²) < 4.78 is 44.1. The molecular weight excluding hydrogens is 373 g/mol. The third-order valence-corrected chi connectivity index (χ3v) is 5.04. The van der Waals surface area contributed by atoms with E-state index in [2.05, 4.69) is 35.9 Å². The Labute approximate surface area is 167 Å². The molecule has 0 saturated heterocycles. The van der Waals surface area contributed by atoms with Gasteiger partial charge in [-0.25, -0.2) is 4.39 Å². The van der Waals surface area contributed by atoms with E-state index in [9.17, 15) is 8.78 Å². The molecule has 0 radical (unpaired) electrons. The Morgan fingerprint density at radius 1 is 0.759 bits per heavy atom. The van der Waals surface area contributed by atoms with Gasteiger partial charge in [0.05, 0.1) is 0 Å². The first-order valence-corrected chi connectivity index (χ1v) is 9.42. The molecule has 0 N–H and O–H groups in total. The van der Waals surface area contributed by atoms with E-state index >= 15 is 4.39 Å². The number of benzene rings is 4. The zero-order valence-electron chi connectivity index (χ0n) is 15.8. The van der Waals surface area contributed by atoms with Crippen LogP contribution in [0.1, 0.15) is 12.5 Å². The largest absolute Gasteiger partial charge is 0.435 e. The van der Waals surface area contributed by atoms with Gasteiger partial charge in [0, 0.05) is 10.9 Å². The van der Waals surface area contributed by atoms with Crippen molar-refractivity contribution in [3.63, 3.8) is 0 Å². The highest BCUT2D eigenvalue weighted by molar-refractivity contribution is 5.91. The lowest BCUT2D eigenvalue weighted by Gasteiger charge is -2.10. The Morgan fingerprint density at radius 2 is 1.41 bits per heavy atom. The van der Waals surface area contributed by atoms with E-state index in [1.807, 2.05) is 18.2 Å². The smallest absolute Gasteiger partial charge is 0.387 e. The summed E-state index contributed by atoms with van der Waals surface area (Å²) in [5.41, 5.74) is 4.41. The van der Waals surface area contributed by atoms with Gasteiger partial charge in [0.2, 0.25) is 0 Å². The van der Waals surface area contributed by atoms with Crippen LogP contribution in [0.2, 0.25) is 0 Å². The number of hydrogen-bond donors (Lipinski definition) is 0. The second-order valence-electron chi connectivity index (χ2n) is 6.82. The predicted molar refractivity (Wildman–Crippen MR) is 111 cm³/mol. The summed E-state index contributed by atoms with van der Waals surface area (Å²) in [6.07, 6.45) is 0.987. The lowest BCUT2D eigenvalue weighted by Crippen LogP contribution is -2.01. The molecule has 0 heterocycles. The van der Waals surface area contributed by atoms with Crippen LogP contribution in [-0.4, -0.2) is 6.61 Å². The highest BCUT2D eigenvalue weighted by Crippen LogP contribution is 2.32. The fourth-order valence-electron chi connectivity index (χ4n) is 3.44. The van der Waals surface area contributed by atoms with Crippen LogP contribution in [-0.2, 0) is 6.42 Å². The maximum atomic E-state index is 15.1. The minimum atomic E-state index is -2.88. The monoisotopic (exact) mass is 392 g/mol. The van der Waals surface area contributed by atoms with Crippen LogP contribution in [0, 0.1) is 5.82 Å². The Hall–Kier alpha value is -3.27. The fourth-order valence-corrected chi connectivity index (χ4v) is 3.44. The lowest BCUT2D eigenvalue weighted by atomic mass is 9.96. The summed E-state index contributed by atoms with van der Waals surface area (Å²) in [5, 5.41) is 1.32. The molecule has 0 aliphatic heterocycles. The van der Waals surface area contributed by atoms with Gasteiger partial charge in [0.25, 0.3) is 0 Å². The van der Waals surface area contributed by atoms with E-state index in [-0.39, 0.29) is 11.6 Å². The molecule has 4 aromatic rings. The Morgan fingerprint density at radius 3 is 2.07 bits per heavy atom. The number of ether oxygens (including phenoxy) is 1. The maximum absolute atomic E-state index is 15.1. The van der Waals surface area contributed by atoms with E-state index in [4.69, 9.17) is 0 Å². The molecule has 0 aliphatic rings. The van der Waals surface area contributed by atoms with Gasteiger partial charge in [-0.3, -0.25) is 0 Å². The number of hydrogen-bond acceptors (Lipinski definition) is 1. The van der Waals surface area contributed by atoms with Gasteiger partial charge in [-0.1, -0.05) is 67.6 Å². The van der Waals surface area contributed by atoms with Gasteiger partial charge >= 0.3 is 6.61 Å². The van der Waals surface area contributed by atoms with Gasteiger partial charge < -0.3 is 4.74 Å². The molecule has 4 rings (SSSR count). The molecule has 146 valence electrons. The summed E-state index contributed by atoms with van der Waals surface area (Å²) >= 11 is 0. The second-order valence-corrected chi connectivity index (χ2v) is 6.82. The van der Waals surface area contributed by atoms with E-state index in [1.165, 1.54) is 17.7 Å². The van der Waals surface area contributed by atoms with Crippen LogP contribution in [0.3, 0.4) is 0 Å². The molecule has 0 spiro atoms. The highest BCUT2D eigenvalue weighted by atomic mass is 19.3. The van der Waals surface area contributed by atoms with Crippen molar-refractivity contribution in [2.75, 3.05) is 0 Å². The summed E-state index contributed by atoms with van der Waals surface area (Å²) in [6.45, 7) is -0.768. The number of rotatable bonds is 5. The molecule has 0 aliphatic carbocycles. The van der Waals surface area contributed by atoms with Crippen LogP contribution in [0.5, 0.6) is 5.75 Å². The molecule has 1 nitrogen and oxygen atoms in total. The summed E-state index contributed by atoms with van der Waals surface area (Å²) in [4.78, 5) is 0. The van der Waals surface area contributed by atoms with Gasteiger partial charge in [0.15, 0.2) is 0 Å². The van der Waals surface area contributed by atoms with Crippen molar-refractivity contribution in [2.24, 2.45) is 0 Å². The molecule has 0 aromatic heterocycles. The van der Waals surface area contributed by atoms with Crippen molar-refractivity contribution in [3.8, 4) is 28.0 Å². The molecule has 0 fully saturated rings. The molecule has 0 unspecified atom stereocenters.